The Balaban J connectivity index is 2.21. The van der Waals surface area contributed by atoms with Crippen LogP contribution in [-0.4, -0.2) is 26.3 Å². The molecule has 0 radical (unpaired) electrons. The first-order valence-corrected chi connectivity index (χ1v) is 10.8. The molecule has 0 fully saturated rings. The number of anilines is 2. The maximum atomic E-state index is 12.5. The van der Waals surface area contributed by atoms with Crippen molar-refractivity contribution in [2.45, 2.75) is 18.7 Å². The summed E-state index contributed by atoms with van der Waals surface area (Å²) in [7, 11) is -3.34. The molecule has 0 atom stereocenters. The highest BCUT2D eigenvalue weighted by Gasteiger charge is 2.13. The number of halogens is 1. The maximum Gasteiger partial charge on any atom is 0.257 e. The van der Waals surface area contributed by atoms with E-state index in [0.717, 1.165) is 4.90 Å². The molecule has 2 aromatic rings. The molecule has 0 saturated heterocycles. The van der Waals surface area contributed by atoms with Crippen LogP contribution in [-0.2, 0) is 10.0 Å². The van der Waals surface area contributed by atoms with Gasteiger partial charge in [0.1, 0.15) is 0 Å². The van der Waals surface area contributed by atoms with Gasteiger partial charge in [-0.25, -0.2) is 8.42 Å². The Morgan fingerprint density at radius 2 is 1.92 bits per heavy atom. The largest absolute Gasteiger partial charge is 0.322 e. The molecule has 0 saturated carbocycles. The van der Waals surface area contributed by atoms with Crippen LogP contribution >= 0.6 is 23.4 Å². The molecule has 0 heterocycles. The van der Waals surface area contributed by atoms with E-state index in [-0.39, 0.29) is 11.7 Å². The van der Waals surface area contributed by atoms with Gasteiger partial charge in [0.2, 0.25) is 10.0 Å². The highest BCUT2D eigenvalue weighted by molar-refractivity contribution is 7.98. The van der Waals surface area contributed by atoms with E-state index in [2.05, 4.69) is 10.0 Å². The van der Waals surface area contributed by atoms with Gasteiger partial charge in [0.05, 0.1) is 22.0 Å². The normalized spacial score (nSPS) is 11.2. The molecule has 1 amide bonds. The van der Waals surface area contributed by atoms with E-state index in [1.165, 1.54) is 11.8 Å². The second-order valence-corrected chi connectivity index (χ2v) is 8.63. The number of benzene rings is 2. The van der Waals surface area contributed by atoms with E-state index in [4.69, 9.17) is 11.6 Å². The van der Waals surface area contributed by atoms with Crippen LogP contribution in [0.1, 0.15) is 22.8 Å². The van der Waals surface area contributed by atoms with Gasteiger partial charge in [-0.3, -0.25) is 9.52 Å². The number of hydrogen-bond donors (Lipinski definition) is 2. The number of aryl methyl sites for hydroxylation is 1. The van der Waals surface area contributed by atoms with Crippen LogP contribution in [0.25, 0.3) is 0 Å². The van der Waals surface area contributed by atoms with Crippen LogP contribution in [0.2, 0.25) is 5.02 Å². The quantitative estimate of drug-likeness (QED) is 0.708. The second kappa shape index (κ2) is 8.12. The number of carbonyl (C=O) groups is 1. The molecule has 0 aliphatic heterocycles. The lowest BCUT2D eigenvalue weighted by molar-refractivity contribution is 0.102. The van der Waals surface area contributed by atoms with Crippen molar-refractivity contribution < 1.29 is 13.2 Å². The topological polar surface area (TPSA) is 75.3 Å². The van der Waals surface area contributed by atoms with Crippen LogP contribution < -0.4 is 10.0 Å². The molecular formula is C17H19ClN2O3S2. The highest BCUT2D eigenvalue weighted by Crippen LogP contribution is 2.25. The fraction of sp³-hybridized carbons (Fsp3) is 0.235. The molecular weight excluding hydrogens is 380 g/mol. The van der Waals surface area contributed by atoms with Crippen molar-refractivity contribution in [2.24, 2.45) is 0 Å². The Morgan fingerprint density at radius 3 is 2.52 bits per heavy atom. The van der Waals surface area contributed by atoms with Gasteiger partial charge in [0.25, 0.3) is 5.91 Å². The van der Waals surface area contributed by atoms with Crippen LogP contribution in [0.4, 0.5) is 11.4 Å². The van der Waals surface area contributed by atoms with Crippen LogP contribution in [0, 0.1) is 6.92 Å². The molecule has 0 aromatic heterocycles. The third-order valence-electron chi connectivity index (χ3n) is 3.55. The van der Waals surface area contributed by atoms with E-state index in [1.807, 2.05) is 12.3 Å². The van der Waals surface area contributed by atoms with Gasteiger partial charge < -0.3 is 5.32 Å². The molecule has 2 aromatic carbocycles. The van der Waals surface area contributed by atoms with E-state index < -0.39 is 10.0 Å². The van der Waals surface area contributed by atoms with E-state index >= 15 is 0 Å². The first-order valence-electron chi connectivity index (χ1n) is 7.51. The monoisotopic (exact) mass is 398 g/mol. The number of carbonyl (C=O) groups excluding carboxylic acids is 1. The van der Waals surface area contributed by atoms with Crippen molar-refractivity contribution in [3.8, 4) is 0 Å². The number of hydrogen-bond acceptors (Lipinski definition) is 4. The molecule has 2 N–H and O–H groups in total. The fourth-order valence-electron chi connectivity index (χ4n) is 2.10. The van der Waals surface area contributed by atoms with Gasteiger partial charge in [-0.1, -0.05) is 11.6 Å². The average molecular weight is 399 g/mol. The van der Waals surface area contributed by atoms with Crippen molar-refractivity contribution in [2.75, 3.05) is 22.0 Å². The van der Waals surface area contributed by atoms with Gasteiger partial charge in [0.15, 0.2) is 0 Å². The fourth-order valence-corrected chi connectivity index (χ4v) is 3.45. The number of nitrogens with one attached hydrogen (secondary N) is 2. The van der Waals surface area contributed by atoms with Gasteiger partial charge in [-0.2, -0.15) is 0 Å². The van der Waals surface area contributed by atoms with Crippen molar-refractivity contribution in [1.29, 1.82) is 0 Å². The Bertz CT molecular complexity index is 899. The van der Waals surface area contributed by atoms with E-state index in [9.17, 15) is 13.2 Å². The Morgan fingerprint density at radius 1 is 1.20 bits per heavy atom. The number of rotatable bonds is 6. The minimum absolute atomic E-state index is 0.00475. The number of thioether (sulfide) groups is 1. The third-order valence-corrected chi connectivity index (χ3v) is 5.89. The van der Waals surface area contributed by atoms with Crippen molar-refractivity contribution in [3.05, 3.63) is 52.5 Å². The summed E-state index contributed by atoms with van der Waals surface area (Å²) in [4.78, 5) is 13.4. The zero-order chi connectivity index (χ0) is 18.6. The molecule has 0 bridgehead atoms. The van der Waals surface area contributed by atoms with E-state index in [1.54, 1.807) is 44.2 Å². The van der Waals surface area contributed by atoms with Gasteiger partial charge in [0, 0.05) is 10.6 Å². The summed E-state index contributed by atoms with van der Waals surface area (Å²) in [5.41, 5.74) is 2.15. The predicted octanol–water partition coefficient (Wildman–Crippen LogP) is 4.38. The Kier molecular flexibility index (Phi) is 6.37. The first kappa shape index (κ1) is 19.6. The van der Waals surface area contributed by atoms with Crippen LogP contribution in [0.5, 0.6) is 0 Å². The molecule has 0 aliphatic rings. The molecule has 0 spiro atoms. The predicted molar refractivity (Wildman–Crippen MR) is 105 cm³/mol. The zero-order valence-corrected chi connectivity index (χ0v) is 16.5. The van der Waals surface area contributed by atoms with Crippen molar-refractivity contribution in [3.63, 3.8) is 0 Å². The summed E-state index contributed by atoms with van der Waals surface area (Å²) in [6.07, 6.45) is 1.92. The number of amides is 1. The summed E-state index contributed by atoms with van der Waals surface area (Å²) in [5.74, 6) is -0.322. The lowest BCUT2D eigenvalue weighted by atomic mass is 10.1. The zero-order valence-electron chi connectivity index (χ0n) is 14.1. The molecule has 0 aliphatic carbocycles. The number of sulfonamides is 1. The Hall–Kier alpha value is -1.70. The molecule has 8 heteroatoms. The van der Waals surface area contributed by atoms with Crippen LogP contribution in [0.3, 0.4) is 0 Å². The minimum atomic E-state index is -3.34. The summed E-state index contributed by atoms with van der Waals surface area (Å²) in [6, 6.07) is 10.2. The Labute approximate surface area is 157 Å². The summed E-state index contributed by atoms with van der Waals surface area (Å²) in [5, 5.41) is 3.16. The first-order chi connectivity index (χ1) is 11.8. The molecule has 25 heavy (non-hydrogen) atoms. The second-order valence-electron chi connectivity index (χ2n) is 5.34. The molecule has 2 rings (SSSR count). The lowest BCUT2D eigenvalue weighted by Gasteiger charge is -2.12. The van der Waals surface area contributed by atoms with Crippen LogP contribution in [0.15, 0.2) is 41.3 Å². The summed E-state index contributed by atoms with van der Waals surface area (Å²) >= 11 is 7.64. The lowest BCUT2D eigenvalue weighted by Crippen LogP contribution is -2.16. The molecule has 5 nitrogen and oxygen atoms in total. The third kappa shape index (κ3) is 5.14. The van der Waals surface area contributed by atoms with Gasteiger partial charge in [-0.15, -0.1) is 11.8 Å². The minimum Gasteiger partial charge on any atom is -0.322 e. The average Bonchev–Trinajstić information content (AvgIpc) is 2.57. The van der Waals surface area contributed by atoms with Crippen molar-refractivity contribution in [1.82, 2.24) is 0 Å². The summed E-state index contributed by atoms with van der Waals surface area (Å²) < 4.78 is 25.8. The molecule has 134 valence electrons. The SMILES string of the molecule is CCS(=O)(=O)Nc1ccc(NC(=O)c2cc(SC)ccc2Cl)cc1C. The maximum absolute atomic E-state index is 12.5. The smallest absolute Gasteiger partial charge is 0.257 e. The highest BCUT2D eigenvalue weighted by atomic mass is 35.5. The van der Waals surface area contributed by atoms with E-state index in [0.29, 0.717) is 27.5 Å². The van der Waals surface area contributed by atoms with Gasteiger partial charge >= 0.3 is 0 Å². The summed E-state index contributed by atoms with van der Waals surface area (Å²) in [6.45, 7) is 3.34. The standard InChI is InChI=1S/C17H19ClN2O3S2/c1-4-25(22,23)20-16-8-5-12(9-11(16)2)19-17(21)14-10-13(24-3)6-7-15(14)18/h5-10,20H,4H2,1-3H3,(H,19,21). The molecule has 0 unspecified atom stereocenters. The van der Waals surface area contributed by atoms with Crippen molar-refractivity contribution >= 4 is 50.7 Å². The van der Waals surface area contributed by atoms with Gasteiger partial charge in [-0.05, 0) is 62.1 Å².